The Bertz CT molecular complexity index is 311. The highest BCUT2D eigenvalue weighted by Gasteiger charge is 1.93. The van der Waals surface area contributed by atoms with E-state index in [0.717, 1.165) is 11.3 Å². The smallest absolute Gasteiger partial charge is 0.0375 e. The average molecular weight is 189 g/mol. The van der Waals surface area contributed by atoms with Crippen LogP contribution in [0.1, 0.15) is 30.7 Å². The van der Waals surface area contributed by atoms with Crippen LogP contribution < -0.4 is 0 Å². The molecule has 1 heterocycles. The van der Waals surface area contributed by atoms with Gasteiger partial charge in [-0.05, 0) is 31.0 Å². The van der Waals surface area contributed by atoms with E-state index in [9.17, 15) is 0 Å². The SMILES string of the molecule is C=C/C=C\c1cnc(C)cc1C.CC. The summed E-state index contributed by atoms with van der Waals surface area (Å²) in [5.41, 5.74) is 3.46. The molecule has 0 aliphatic rings. The molecule has 1 rings (SSSR count). The highest BCUT2D eigenvalue weighted by Crippen LogP contribution is 2.09. The van der Waals surface area contributed by atoms with Gasteiger partial charge in [-0.15, -0.1) is 0 Å². The zero-order valence-corrected chi connectivity index (χ0v) is 9.54. The number of nitrogens with zero attached hydrogens (tertiary/aromatic N) is 1. The zero-order chi connectivity index (χ0) is 11.0. The Morgan fingerprint density at radius 3 is 2.43 bits per heavy atom. The molecule has 1 nitrogen and oxygen atoms in total. The summed E-state index contributed by atoms with van der Waals surface area (Å²) < 4.78 is 0. The molecule has 0 saturated carbocycles. The van der Waals surface area contributed by atoms with E-state index in [1.165, 1.54) is 5.56 Å². The first kappa shape index (κ1) is 12.6. The summed E-state index contributed by atoms with van der Waals surface area (Å²) in [6, 6.07) is 2.07. The van der Waals surface area contributed by atoms with Gasteiger partial charge in [0.15, 0.2) is 0 Å². The molecular weight excluding hydrogens is 170 g/mol. The molecule has 76 valence electrons. The summed E-state index contributed by atoms with van der Waals surface area (Å²) in [4.78, 5) is 4.21. The number of allylic oxidation sites excluding steroid dienone is 2. The van der Waals surface area contributed by atoms with Gasteiger partial charge in [-0.1, -0.05) is 38.7 Å². The van der Waals surface area contributed by atoms with Gasteiger partial charge in [-0.2, -0.15) is 0 Å². The van der Waals surface area contributed by atoms with E-state index < -0.39 is 0 Å². The lowest BCUT2D eigenvalue weighted by atomic mass is 10.1. The Balaban J connectivity index is 0.000000791. The van der Waals surface area contributed by atoms with E-state index in [0.29, 0.717) is 0 Å². The van der Waals surface area contributed by atoms with Crippen LogP contribution in [0.15, 0.2) is 31.0 Å². The highest BCUT2D eigenvalue weighted by atomic mass is 14.7. The van der Waals surface area contributed by atoms with Crippen LogP contribution in [0.3, 0.4) is 0 Å². The molecule has 0 amide bonds. The van der Waals surface area contributed by atoms with Crippen LogP contribution in [0.4, 0.5) is 0 Å². The molecule has 1 aromatic rings. The normalized spacial score (nSPS) is 9.43. The quantitative estimate of drug-likeness (QED) is 0.642. The van der Waals surface area contributed by atoms with E-state index >= 15 is 0 Å². The van der Waals surface area contributed by atoms with Gasteiger partial charge < -0.3 is 0 Å². The lowest BCUT2D eigenvalue weighted by Crippen LogP contribution is -1.86. The fraction of sp³-hybridized carbons (Fsp3) is 0.308. The molecule has 0 spiro atoms. The monoisotopic (exact) mass is 189 g/mol. The molecule has 0 N–H and O–H groups in total. The third kappa shape index (κ3) is 4.04. The van der Waals surface area contributed by atoms with E-state index in [1.807, 2.05) is 39.1 Å². The number of rotatable bonds is 2. The molecule has 14 heavy (non-hydrogen) atoms. The second kappa shape index (κ2) is 7.07. The number of hydrogen-bond acceptors (Lipinski definition) is 1. The van der Waals surface area contributed by atoms with Crippen molar-refractivity contribution in [2.24, 2.45) is 0 Å². The average Bonchev–Trinajstić information content (AvgIpc) is 2.20. The van der Waals surface area contributed by atoms with Crippen LogP contribution in [0.2, 0.25) is 0 Å². The molecule has 0 aliphatic carbocycles. The minimum absolute atomic E-state index is 1.06. The van der Waals surface area contributed by atoms with Crippen molar-refractivity contribution in [3.8, 4) is 0 Å². The van der Waals surface area contributed by atoms with Crippen molar-refractivity contribution in [2.45, 2.75) is 27.7 Å². The summed E-state index contributed by atoms with van der Waals surface area (Å²) in [7, 11) is 0. The largest absolute Gasteiger partial charge is 0.261 e. The van der Waals surface area contributed by atoms with Gasteiger partial charge in [0.25, 0.3) is 0 Å². The second-order valence-corrected chi connectivity index (χ2v) is 2.78. The molecule has 0 aliphatic heterocycles. The summed E-state index contributed by atoms with van der Waals surface area (Å²) in [5.74, 6) is 0. The van der Waals surface area contributed by atoms with Crippen LogP contribution in [0.25, 0.3) is 6.08 Å². The minimum Gasteiger partial charge on any atom is -0.261 e. The van der Waals surface area contributed by atoms with Gasteiger partial charge in [0, 0.05) is 11.9 Å². The molecule has 0 aromatic carbocycles. The summed E-state index contributed by atoms with van der Waals surface area (Å²) >= 11 is 0. The van der Waals surface area contributed by atoms with Gasteiger partial charge in [0.05, 0.1) is 0 Å². The Hall–Kier alpha value is -1.37. The summed E-state index contributed by atoms with van der Waals surface area (Å²) in [6.07, 6.45) is 7.57. The van der Waals surface area contributed by atoms with Crippen LogP contribution in [0, 0.1) is 13.8 Å². The zero-order valence-electron chi connectivity index (χ0n) is 9.54. The van der Waals surface area contributed by atoms with Crippen LogP contribution >= 0.6 is 0 Å². The lowest BCUT2D eigenvalue weighted by molar-refractivity contribution is 1.17. The summed E-state index contributed by atoms with van der Waals surface area (Å²) in [6.45, 7) is 11.7. The number of aromatic nitrogens is 1. The first-order valence-corrected chi connectivity index (χ1v) is 4.96. The third-order valence-electron chi connectivity index (χ3n) is 1.70. The molecule has 0 atom stereocenters. The minimum atomic E-state index is 1.06. The van der Waals surface area contributed by atoms with Gasteiger partial charge >= 0.3 is 0 Å². The molecule has 0 fully saturated rings. The Kier molecular flexibility index (Phi) is 6.38. The fourth-order valence-corrected chi connectivity index (χ4v) is 1.05. The molecule has 0 bridgehead atoms. The van der Waals surface area contributed by atoms with Crippen molar-refractivity contribution in [1.82, 2.24) is 4.98 Å². The first-order chi connectivity index (χ1) is 6.74. The van der Waals surface area contributed by atoms with E-state index in [-0.39, 0.29) is 0 Å². The number of hydrogen-bond donors (Lipinski definition) is 0. The van der Waals surface area contributed by atoms with Gasteiger partial charge in [0.1, 0.15) is 0 Å². The van der Waals surface area contributed by atoms with Gasteiger partial charge in [-0.3, -0.25) is 4.98 Å². The number of pyridine rings is 1. The second-order valence-electron chi connectivity index (χ2n) is 2.78. The van der Waals surface area contributed by atoms with Crippen LogP contribution in [-0.4, -0.2) is 4.98 Å². The molecule has 0 radical (unpaired) electrons. The first-order valence-electron chi connectivity index (χ1n) is 4.96. The van der Waals surface area contributed by atoms with Crippen molar-refractivity contribution in [1.29, 1.82) is 0 Å². The molecule has 1 heteroatoms. The molecule has 0 saturated heterocycles. The molecular formula is C13H19N. The Labute approximate surface area is 87.2 Å². The Morgan fingerprint density at radius 1 is 1.29 bits per heavy atom. The van der Waals surface area contributed by atoms with Crippen molar-refractivity contribution >= 4 is 6.08 Å². The molecule has 0 unspecified atom stereocenters. The number of aryl methyl sites for hydroxylation is 2. The third-order valence-corrected chi connectivity index (χ3v) is 1.70. The van der Waals surface area contributed by atoms with E-state index in [4.69, 9.17) is 0 Å². The fourth-order valence-electron chi connectivity index (χ4n) is 1.05. The lowest BCUT2D eigenvalue weighted by Gasteiger charge is -1.99. The van der Waals surface area contributed by atoms with Gasteiger partial charge in [-0.25, -0.2) is 0 Å². The van der Waals surface area contributed by atoms with E-state index in [2.05, 4.69) is 24.6 Å². The maximum atomic E-state index is 4.21. The van der Waals surface area contributed by atoms with Crippen molar-refractivity contribution in [3.63, 3.8) is 0 Å². The highest BCUT2D eigenvalue weighted by molar-refractivity contribution is 5.53. The van der Waals surface area contributed by atoms with Crippen LogP contribution in [-0.2, 0) is 0 Å². The predicted octanol–water partition coefficient (Wildman–Crippen LogP) is 3.92. The topological polar surface area (TPSA) is 12.9 Å². The van der Waals surface area contributed by atoms with Crippen LogP contribution in [0.5, 0.6) is 0 Å². The van der Waals surface area contributed by atoms with E-state index in [1.54, 1.807) is 6.08 Å². The molecule has 1 aromatic heterocycles. The standard InChI is InChI=1S/C11H13N.C2H6/c1-4-5-6-11-8-12-10(3)7-9(11)2;1-2/h4-8H,1H2,2-3H3;1-2H3/b6-5-;. The maximum absolute atomic E-state index is 4.21. The van der Waals surface area contributed by atoms with Crippen molar-refractivity contribution in [2.75, 3.05) is 0 Å². The maximum Gasteiger partial charge on any atom is 0.0375 e. The Morgan fingerprint density at radius 2 is 1.93 bits per heavy atom. The van der Waals surface area contributed by atoms with Crippen molar-refractivity contribution in [3.05, 3.63) is 47.8 Å². The summed E-state index contributed by atoms with van der Waals surface area (Å²) in [5, 5.41) is 0. The van der Waals surface area contributed by atoms with Crippen molar-refractivity contribution < 1.29 is 0 Å². The predicted molar refractivity (Wildman–Crippen MR) is 64.3 cm³/mol. The van der Waals surface area contributed by atoms with Gasteiger partial charge in [0.2, 0.25) is 0 Å².